The molecule has 1 atom stereocenters. The lowest BCUT2D eigenvalue weighted by Gasteiger charge is -2.22. The van der Waals surface area contributed by atoms with Crippen LogP contribution in [0.25, 0.3) is 0 Å². The highest BCUT2D eigenvalue weighted by Gasteiger charge is 2.13. The number of hydrogen-bond donors (Lipinski definition) is 0. The van der Waals surface area contributed by atoms with Crippen LogP contribution in [-0.4, -0.2) is 25.3 Å². The molecule has 3 nitrogen and oxygen atoms in total. The topological polar surface area (TPSA) is 35.5 Å². The van der Waals surface area contributed by atoms with E-state index in [0.717, 1.165) is 32.3 Å². The number of ketones is 1. The van der Waals surface area contributed by atoms with Crippen LogP contribution in [0, 0.1) is 17.7 Å². The number of benzene rings is 1. The third-order valence-electron chi connectivity index (χ3n) is 3.26. The van der Waals surface area contributed by atoms with Crippen LogP contribution in [0.4, 0.5) is 4.39 Å². The Hall–Kier alpha value is -1.22. The van der Waals surface area contributed by atoms with Crippen molar-refractivity contribution < 1.29 is 18.7 Å². The molecule has 0 aromatic heterocycles. The molecule has 0 N–H and O–H groups in total. The van der Waals surface area contributed by atoms with Crippen molar-refractivity contribution in [1.82, 2.24) is 0 Å². The smallest absolute Gasteiger partial charge is 0.238 e. The van der Waals surface area contributed by atoms with Gasteiger partial charge in [-0.2, -0.15) is 0 Å². The molecule has 0 spiro atoms. The summed E-state index contributed by atoms with van der Waals surface area (Å²) in [6, 6.07) is 4.23. The lowest BCUT2D eigenvalue weighted by atomic mass is 10.1. The molecule has 0 aliphatic carbocycles. The predicted octanol–water partition coefficient (Wildman–Crippen LogP) is 4.10. The fourth-order valence-electron chi connectivity index (χ4n) is 2.10. The van der Waals surface area contributed by atoms with Crippen molar-refractivity contribution in [3.05, 3.63) is 34.1 Å². The normalized spacial score (nSPS) is 17.6. The highest BCUT2D eigenvalue weighted by atomic mass is 79.9. The fraction of sp³-hybridized carbons (Fsp3) is 0.471. The van der Waals surface area contributed by atoms with Gasteiger partial charge in [0.15, 0.2) is 6.29 Å². The molecule has 1 aromatic carbocycles. The van der Waals surface area contributed by atoms with Gasteiger partial charge in [-0.15, -0.1) is 0 Å². The Morgan fingerprint density at radius 1 is 1.45 bits per heavy atom. The van der Waals surface area contributed by atoms with E-state index < -0.39 is 11.6 Å². The quantitative estimate of drug-likeness (QED) is 0.339. The minimum absolute atomic E-state index is 0.00580. The van der Waals surface area contributed by atoms with E-state index in [2.05, 4.69) is 27.8 Å². The maximum atomic E-state index is 13.5. The second-order valence-corrected chi connectivity index (χ2v) is 5.94. The molecule has 5 heteroatoms. The maximum absolute atomic E-state index is 13.5. The average molecular weight is 369 g/mol. The minimum Gasteiger partial charge on any atom is -0.353 e. The Labute approximate surface area is 138 Å². The Morgan fingerprint density at radius 2 is 2.32 bits per heavy atom. The van der Waals surface area contributed by atoms with Gasteiger partial charge in [0.1, 0.15) is 5.82 Å². The zero-order valence-electron chi connectivity index (χ0n) is 12.2. The van der Waals surface area contributed by atoms with Crippen molar-refractivity contribution in [2.75, 3.05) is 13.2 Å². The van der Waals surface area contributed by atoms with E-state index in [1.807, 2.05) is 0 Å². The fourth-order valence-corrected chi connectivity index (χ4v) is 2.46. The van der Waals surface area contributed by atoms with Gasteiger partial charge in [-0.3, -0.25) is 4.79 Å². The SMILES string of the molecule is O=C(C#CCCCOC1CCCCO1)c1cc(Br)ccc1F. The van der Waals surface area contributed by atoms with Crippen LogP contribution in [0.15, 0.2) is 22.7 Å². The number of rotatable bonds is 5. The molecule has 1 aliphatic heterocycles. The van der Waals surface area contributed by atoms with Crippen molar-refractivity contribution in [2.45, 2.75) is 38.4 Å². The standard InChI is InChI=1S/C17H18BrFO3/c18-13-8-9-15(19)14(12-13)16(20)6-2-1-4-10-21-17-7-3-5-11-22-17/h8-9,12,17H,1,3-5,7,10-11H2. The highest BCUT2D eigenvalue weighted by molar-refractivity contribution is 9.10. The molecule has 2 rings (SSSR count). The van der Waals surface area contributed by atoms with Crippen LogP contribution in [-0.2, 0) is 9.47 Å². The molecule has 118 valence electrons. The van der Waals surface area contributed by atoms with Gasteiger partial charge >= 0.3 is 0 Å². The highest BCUT2D eigenvalue weighted by Crippen LogP contribution is 2.16. The number of ether oxygens (including phenoxy) is 2. The molecule has 1 heterocycles. The lowest BCUT2D eigenvalue weighted by Crippen LogP contribution is -2.22. The van der Waals surface area contributed by atoms with Crippen LogP contribution in [0.3, 0.4) is 0 Å². The van der Waals surface area contributed by atoms with Crippen LogP contribution < -0.4 is 0 Å². The molecular weight excluding hydrogens is 351 g/mol. The van der Waals surface area contributed by atoms with Gasteiger partial charge in [0.2, 0.25) is 5.78 Å². The minimum atomic E-state index is -0.555. The Morgan fingerprint density at radius 3 is 3.09 bits per heavy atom. The van der Waals surface area contributed by atoms with Gasteiger partial charge in [-0.1, -0.05) is 21.9 Å². The molecule has 0 bridgehead atoms. The van der Waals surface area contributed by atoms with Gasteiger partial charge in [0.25, 0.3) is 0 Å². The predicted molar refractivity (Wildman–Crippen MR) is 85.0 cm³/mol. The van der Waals surface area contributed by atoms with E-state index in [4.69, 9.17) is 9.47 Å². The largest absolute Gasteiger partial charge is 0.353 e. The molecule has 1 aliphatic rings. The molecule has 1 fully saturated rings. The summed E-state index contributed by atoms with van der Waals surface area (Å²) in [5.41, 5.74) is -0.00580. The zero-order valence-corrected chi connectivity index (χ0v) is 13.8. The third-order valence-corrected chi connectivity index (χ3v) is 3.76. The molecule has 0 radical (unpaired) electrons. The third kappa shape index (κ3) is 5.53. The summed E-state index contributed by atoms with van der Waals surface area (Å²) >= 11 is 3.21. The number of Topliss-reactive ketones (excluding diaryl/α,β-unsaturated/α-hetero) is 1. The van der Waals surface area contributed by atoms with Gasteiger partial charge in [-0.25, -0.2) is 4.39 Å². The summed E-state index contributed by atoms with van der Waals surface area (Å²) in [5.74, 6) is 4.17. The zero-order chi connectivity index (χ0) is 15.8. The van der Waals surface area contributed by atoms with Gasteiger partial charge in [0.05, 0.1) is 12.2 Å². The average Bonchev–Trinajstić information content (AvgIpc) is 2.54. The molecular formula is C17H18BrFO3. The first-order chi connectivity index (χ1) is 10.7. The number of carbonyl (C=O) groups is 1. The maximum Gasteiger partial charge on any atom is 0.238 e. The van der Waals surface area contributed by atoms with Crippen LogP contribution in [0.5, 0.6) is 0 Å². The first-order valence-corrected chi connectivity index (χ1v) is 8.17. The molecule has 0 amide bonds. The molecule has 1 unspecified atom stereocenters. The van der Waals surface area contributed by atoms with Crippen LogP contribution in [0.2, 0.25) is 0 Å². The number of carbonyl (C=O) groups excluding carboxylic acids is 1. The van der Waals surface area contributed by atoms with Crippen molar-refractivity contribution in [2.24, 2.45) is 0 Å². The summed E-state index contributed by atoms with van der Waals surface area (Å²) in [4.78, 5) is 11.8. The number of unbranched alkanes of at least 4 members (excludes halogenated alkanes) is 1. The van der Waals surface area contributed by atoms with E-state index in [9.17, 15) is 9.18 Å². The Kier molecular flexibility index (Phi) is 7.04. The molecule has 22 heavy (non-hydrogen) atoms. The molecule has 1 aromatic rings. The molecule has 1 saturated heterocycles. The first-order valence-electron chi connectivity index (χ1n) is 7.38. The summed E-state index contributed by atoms with van der Waals surface area (Å²) in [6.45, 7) is 1.32. The van der Waals surface area contributed by atoms with Gasteiger partial charge < -0.3 is 9.47 Å². The summed E-state index contributed by atoms with van der Waals surface area (Å²) in [7, 11) is 0. The lowest BCUT2D eigenvalue weighted by molar-refractivity contribution is -0.162. The first kappa shape index (κ1) is 17.1. The van der Waals surface area contributed by atoms with Crippen molar-refractivity contribution in [3.8, 4) is 11.8 Å². The Bertz CT molecular complexity index is 571. The summed E-state index contributed by atoms with van der Waals surface area (Å²) in [5, 5.41) is 0. The van der Waals surface area contributed by atoms with E-state index in [-0.39, 0.29) is 11.9 Å². The Balaban J connectivity index is 1.71. The van der Waals surface area contributed by atoms with Crippen LogP contribution in [0.1, 0.15) is 42.5 Å². The van der Waals surface area contributed by atoms with Crippen molar-refractivity contribution >= 4 is 21.7 Å². The molecule has 0 saturated carbocycles. The monoisotopic (exact) mass is 368 g/mol. The second-order valence-electron chi connectivity index (χ2n) is 5.03. The van der Waals surface area contributed by atoms with E-state index >= 15 is 0 Å². The van der Waals surface area contributed by atoms with Crippen molar-refractivity contribution in [1.29, 1.82) is 0 Å². The summed E-state index contributed by atoms with van der Waals surface area (Å²) < 4.78 is 25.2. The van der Waals surface area contributed by atoms with E-state index in [0.29, 0.717) is 17.5 Å². The number of hydrogen-bond acceptors (Lipinski definition) is 3. The van der Waals surface area contributed by atoms with Gasteiger partial charge in [0, 0.05) is 17.5 Å². The van der Waals surface area contributed by atoms with Crippen LogP contribution >= 0.6 is 15.9 Å². The van der Waals surface area contributed by atoms with Crippen molar-refractivity contribution in [3.63, 3.8) is 0 Å². The second kappa shape index (κ2) is 9.04. The van der Waals surface area contributed by atoms with Gasteiger partial charge in [-0.05, 0) is 49.8 Å². The van der Waals surface area contributed by atoms with E-state index in [1.54, 1.807) is 6.07 Å². The van der Waals surface area contributed by atoms with E-state index in [1.165, 1.54) is 12.1 Å². The summed E-state index contributed by atoms with van der Waals surface area (Å²) in [6.07, 6.45) is 4.33. The number of halogens is 2.